The molecule has 0 spiro atoms. The molecular formula is C21H20O9. The molecule has 0 bridgehead atoms. The minimum Gasteiger partial charge on any atom is -0.508 e. The minimum atomic E-state index is -1.66. The third kappa shape index (κ3) is 3.03. The first-order valence-electron chi connectivity index (χ1n) is 9.26. The maximum Gasteiger partial charge on any atom is 0.229 e. The van der Waals surface area contributed by atoms with Gasteiger partial charge in [-0.3, -0.25) is 9.59 Å². The highest BCUT2D eigenvalue weighted by atomic mass is 16.7. The molecule has 1 fully saturated rings. The number of ether oxygens (including phenoxy) is 2. The number of carbonyl (C=O) groups is 2. The van der Waals surface area contributed by atoms with Crippen LogP contribution in [0.15, 0.2) is 24.3 Å². The van der Waals surface area contributed by atoms with Crippen molar-refractivity contribution in [2.45, 2.75) is 44.6 Å². The second-order valence-corrected chi connectivity index (χ2v) is 7.53. The van der Waals surface area contributed by atoms with E-state index in [-0.39, 0.29) is 39.5 Å². The fourth-order valence-electron chi connectivity index (χ4n) is 3.80. The Hall–Kier alpha value is -2.98. The Balaban J connectivity index is 1.81. The first kappa shape index (κ1) is 20.3. The molecule has 2 aromatic carbocycles. The van der Waals surface area contributed by atoms with Crippen molar-refractivity contribution in [1.29, 1.82) is 0 Å². The van der Waals surface area contributed by atoms with Gasteiger partial charge in [-0.2, -0.15) is 0 Å². The van der Waals surface area contributed by atoms with Crippen molar-refractivity contribution in [3.05, 3.63) is 52.1 Å². The number of carbonyl (C=O) groups excluding carboxylic acids is 2. The highest BCUT2D eigenvalue weighted by molar-refractivity contribution is 6.30. The molecule has 5 N–H and O–H groups in total. The van der Waals surface area contributed by atoms with Crippen LogP contribution < -0.4 is 4.74 Å². The van der Waals surface area contributed by atoms with Gasteiger partial charge in [-0.15, -0.1) is 0 Å². The van der Waals surface area contributed by atoms with Crippen molar-refractivity contribution in [1.82, 2.24) is 0 Å². The van der Waals surface area contributed by atoms with Crippen molar-refractivity contribution in [3.8, 4) is 17.2 Å². The Kier molecular flexibility index (Phi) is 4.78. The van der Waals surface area contributed by atoms with Crippen LogP contribution in [0, 0.1) is 6.92 Å². The van der Waals surface area contributed by atoms with Gasteiger partial charge in [0.05, 0.1) is 17.2 Å². The predicted molar refractivity (Wildman–Crippen MR) is 101 cm³/mol. The maximum absolute atomic E-state index is 13.2. The molecule has 9 heteroatoms. The fourth-order valence-corrected chi connectivity index (χ4v) is 3.80. The van der Waals surface area contributed by atoms with Crippen molar-refractivity contribution >= 4 is 11.6 Å². The minimum absolute atomic E-state index is 0.00247. The summed E-state index contributed by atoms with van der Waals surface area (Å²) in [5, 5.41) is 50.4. The van der Waals surface area contributed by atoms with Crippen LogP contribution in [0.1, 0.15) is 44.3 Å². The average molecular weight is 416 g/mol. The number of hydrogen-bond donors (Lipinski definition) is 5. The van der Waals surface area contributed by atoms with E-state index in [1.807, 2.05) is 0 Å². The number of phenols is 2. The van der Waals surface area contributed by atoms with E-state index in [1.165, 1.54) is 19.1 Å². The molecule has 5 atom stereocenters. The lowest BCUT2D eigenvalue weighted by atomic mass is 9.82. The van der Waals surface area contributed by atoms with Gasteiger partial charge in [-0.25, -0.2) is 0 Å². The van der Waals surface area contributed by atoms with E-state index in [9.17, 15) is 35.1 Å². The number of aryl methyl sites for hydroxylation is 1. The normalized spacial score (nSPS) is 28.1. The largest absolute Gasteiger partial charge is 0.508 e. The Morgan fingerprint density at radius 1 is 0.867 bits per heavy atom. The number of hydrogen-bond acceptors (Lipinski definition) is 9. The highest BCUT2D eigenvalue weighted by Crippen LogP contribution is 2.40. The molecular weight excluding hydrogens is 396 g/mol. The Labute approximate surface area is 170 Å². The van der Waals surface area contributed by atoms with Crippen LogP contribution in [0.4, 0.5) is 0 Å². The predicted octanol–water partition coefficient (Wildman–Crippen LogP) is 0.388. The lowest BCUT2D eigenvalue weighted by molar-refractivity contribution is -0.268. The number of ketones is 2. The molecule has 0 saturated carbocycles. The number of benzene rings is 2. The molecule has 158 valence electrons. The van der Waals surface area contributed by atoms with E-state index < -0.39 is 42.3 Å². The van der Waals surface area contributed by atoms with Crippen LogP contribution in [-0.2, 0) is 4.74 Å². The molecule has 1 saturated heterocycles. The number of aromatic hydroxyl groups is 2. The zero-order chi connectivity index (χ0) is 21.9. The van der Waals surface area contributed by atoms with Crippen molar-refractivity contribution in [2.75, 3.05) is 0 Å². The molecule has 0 unspecified atom stereocenters. The molecule has 2 aliphatic rings. The standard InChI is InChI=1S/C21H20O9/c1-7-3-10-14(12(23)4-7)18(26)15-11(17(10)25)5-9(22)6-13(15)30-21-20(28)19(27)16(24)8(2)29-21/h3-6,8,16,19-24,27-28H,1-2H3/t8-,16-,19+,20+,21-/m0/s1. The van der Waals surface area contributed by atoms with Crippen molar-refractivity contribution in [2.24, 2.45) is 0 Å². The number of phenolic OH excluding ortho intramolecular Hbond substituents is 2. The van der Waals surface area contributed by atoms with Crippen LogP contribution in [-0.4, -0.2) is 67.8 Å². The maximum atomic E-state index is 13.2. The van der Waals surface area contributed by atoms with Crippen LogP contribution in [0.2, 0.25) is 0 Å². The van der Waals surface area contributed by atoms with Gasteiger partial charge in [0, 0.05) is 17.2 Å². The molecule has 1 heterocycles. The second-order valence-electron chi connectivity index (χ2n) is 7.53. The van der Waals surface area contributed by atoms with E-state index >= 15 is 0 Å². The Morgan fingerprint density at radius 2 is 1.53 bits per heavy atom. The second kappa shape index (κ2) is 7.06. The molecule has 30 heavy (non-hydrogen) atoms. The Morgan fingerprint density at radius 3 is 2.23 bits per heavy atom. The molecule has 1 aliphatic carbocycles. The van der Waals surface area contributed by atoms with Gasteiger partial charge in [0.1, 0.15) is 35.6 Å². The van der Waals surface area contributed by atoms with Gasteiger partial charge in [-0.1, -0.05) is 0 Å². The van der Waals surface area contributed by atoms with E-state index in [0.29, 0.717) is 5.56 Å². The Bertz CT molecular complexity index is 1060. The quantitative estimate of drug-likeness (QED) is 0.399. The summed E-state index contributed by atoms with van der Waals surface area (Å²) in [7, 11) is 0. The average Bonchev–Trinajstić information content (AvgIpc) is 2.67. The highest BCUT2D eigenvalue weighted by Gasteiger charge is 2.44. The third-order valence-electron chi connectivity index (χ3n) is 5.34. The van der Waals surface area contributed by atoms with Gasteiger partial charge >= 0.3 is 0 Å². The molecule has 9 nitrogen and oxygen atoms in total. The summed E-state index contributed by atoms with van der Waals surface area (Å²) < 4.78 is 11.0. The molecule has 0 aromatic heterocycles. The SMILES string of the molecule is Cc1cc(O)c2c(c1)C(=O)c1cc(O)cc(O[C@@H]3O[C@@H](C)[C@H](O)[C@@H](O)[C@H]3O)c1C2=O. The molecule has 0 radical (unpaired) electrons. The van der Waals surface area contributed by atoms with Crippen molar-refractivity contribution < 1.29 is 44.6 Å². The summed E-state index contributed by atoms with van der Waals surface area (Å²) in [5.74, 6) is -2.30. The number of aliphatic hydroxyl groups is 3. The number of aliphatic hydroxyl groups excluding tert-OH is 3. The lowest BCUT2D eigenvalue weighted by Crippen LogP contribution is -2.58. The third-order valence-corrected chi connectivity index (χ3v) is 5.34. The zero-order valence-electron chi connectivity index (χ0n) is 16.1. The summed E-state index contributed by atoms with van der Waals surface area (Å²) in [6, 6.07) is 5.00. The number of rotatable bonds is 2. The summed E-state index contributed by atoms with van der Waals surface area (Å²) in [4.78, 5) is 26.1. The van der Waals surface area contributed by atoms with E-state index in [4.69, 9.17) is 9.47 Å². The summed E-state index contributed by atoms with van der Waals surface area (Å²) in [6.45, 7) is 3.12. The van der Waals surface area contributed by atoms with E-state index in [0.717, 1.165) is 12.1 Å². The number of fused-ring (bicyclic) bond motifs is 2. The molecule has 2 aromatic rings. The molecule has 1 aliphatic heterocycles. The van der Waals surface area contributed by atoms with Gasteiger partial charge < -0.3 is 35.0 Å². The molecule has 0 amide bonds. The van der Waals surface area contributed by atoms with Crippen LogP contribution in [0.5, 0.6) is 17.2 Å². The van der Waals surface area contributed by atoms with Gasteiger partial charge in [-0.05, 0) is 37.6 Å². The van der Waals surface area contributed by atoms with E-state index in [2.05, 4.69) is 0 Å². The van der Waals surface area contributed by atoms with Crippen LogP contribution in [0.3, 0.4) is 0 Å². The van der Waals surface area contributed by atoms with E-state index in [1.54, 1.807) is 6.92 Å². The van der Waals surface area contributed by atoms with Crippen LogP contribution >= 0.6 is 0 Å². The summed E-state index contributed by atoms with van der Waals surface area (Å²) in [6.07, 6.45) is -6.97. The topological polar surface area (TPSA) is 154 Å². The summed E-state index contributed by atoms with van der Waals surface area (Å²) in [5.41, 5.74) is 0.0397. The van der Waals surface area contributed by atoms with Gasteiger partial charge in [0.25, 0.3) is 0 Å². The monoisotopic (exact) mass is 416 g/mol. The summed E-state index contributed by atoms with van der Waals surface area (Å²) >= 11 is 0. The van der Waals surface area contributed by atoms with Crippen LogP contribution in [0.25, 0.3) is 0 Å². The molecule has 4 rings (SSSR count). The van der Waals surface area contributed by atoms with Gasteiger partial charge in [0.2, 0.25) is 12.1 Å². The smallest absolute Gasteiger partial charge is 0.229 e. The fraction of sp³-hybridized carbons (Fsp3) is 0.333. The first-order chi connectivity index (χ1) is 14.1. The van der Waals surface area contributed by atoms with Gasteiger partial charge in [0.15, 0.2) is 5.78 Å². The zero-order valence-corrected chi connectivity index (χ0v) is 16.1. The first-order valence-corrected chi connectivity index (χ1v) is 9.26. The van der Waals surface area contributed by atoms with Crippen molar-refractivity contribution in [3.63, 3.8) is 0 Å². The lowest BCUT2D eigenvalue weighted by Gasteiger charge is -2.39.